The molecule has 0 saturated carbocycles. The first-order valence-corrected chi connectivity index (χ1v) is 10.8. The van der Waals surface area contributed by atoms with Crippen LogP contribution in [0.25, 0.3) is 11.3 Å². The molecule has 1 amide bonds. The van der Waals surface area contributed by atoms with Gasteiger partial charge in [0.25, 0.3) is 0 Å². The molecule has 0 aliphatic rings. The van der Waals surface area contributed by atoms with Gasteiger partial charge in [-0.25, -0.2) is 13.4 Å². The van der Waals surface area contributed by atoms with Crippen LogP contribution in [0.4, 0.5) is 5.13 Å². The molecule has 0 spiro atoms. The maximum atomic E-state index is 12.2. The zero-order chi connectivity index (χ0) is 18.7. The van der Waals surface area contributed by atoms with Gasteiger partial charge >= 0.3 is 0 Å². The number of nitrogens with zero attached hydrogens (tertiary/aromatic N) is 1. The summed E-state index contributed by atoms with van der Waals surface area (Å²) in [5, 5.41) is 5.59. The third kappa shape index (κ3) is 4.49. The SMILES string of the molecule is CS(=O)(=O)c1ccc(-c2csc(NC(=O)Cc3ccccc3Cl)n2)cc1. The molecule has 0 radical (unpaired) electrons. The number of sulfone groups is 1. The van der Waals surface area contributed by atoms with Crippen molar-refractivity contribution in [2.24, 2.45) is 0 Å². The maximum absolute atomic E-state index is 12.2. The molecule has 0 atom stereocenters. The molecular formula is C18H15ClN2O3S2. The van der Waals surface area contributed by atoms with Gasteiger partial charge in [-0.2, -0.15) is 0 Å². The molecule has 0 bridgehead atoms. The number of hydrogen-bond donors (Lipinski definition) is 1. The van der Waals surface area contributed by atoms with Crippen LogP contribution < -0.4 is 5.32 Å². The van der Waals surface area contributed by atoms with Gasteiger partial charge in [-0.3, -0.25) is 4.79 Å². The van der Waals surface area contributed by atoms with E-state index in [0.29, 0.717) is 15.8 Å². The van der Waals surface area contributed by atoms with Crippen molar-refractivity contribution in [3.8, 4) is 11.3 Å². The Kier molecular flexibility index (Phi) is 5.41. The highest BCUT2D eigenvalue weighted by Crippen LogP contribution is 2.26. The number of thiazole rings is 1. The molecule has 5 nitrogen and oxygen atoms in total. The molecule has 3 aromatic rings. The lowest BCUT2D eigenvalue weighted by molar-refractivity contribution is -0.115. The topological polar surface area (TPSA) is 76.1 Å². The van der Waals surface area contributed by atoms with Crippen molar-refractivity contribution < 1.29 is 13.2 Å². The van der Waals surface area contributed by atoms with Crippen LogP contribution in [0, 0.1) is 0 Å². The average molecular weight is 407 g/mol. The first-order valence-electron chi connectivity index (χ1n) is 7.62. The third-order valence-electron chi connectivity index (χ3n) is 3.64. The van der Waals surface area contributed by atoms with Crippen LogP contribution in [0.1, 0.15) is 5.56 Å². The average Bonchev–Trinajstić information content (AvgIpc) is 3.05. The largest absolute Gasteiger partial charge is 0.302 e. The minimum absolute atomic E-state index is 0.164. The van der Waals surface area contributed by atoms with Crippen LogP contribution in [-0.2, 0) is 21.1 Å². The Bertz CT molecular complexity index is 1040. The lowest BCUT2D eigenvalue weighted by atomic mass is 10.1. The lowest BCUT2D eigenvalue weighted by Crippen LogP contribution is -2.14. The molecule has 134 valence electrons. The number of anilines is 1. The van der Waals surface area contributed by atoms with Gasteiger partial charge in [0.2, 0.25) is 5.91 Å². The van der Waals surface area contributed by atoms with E-state index in [0.717, 1.165) is 17.4 Å². The Morgan fingerprint density at radius 2 is 1.85 bits per heavy atom. The van der Waals surface area contributed by atoms with Crippen molar-refractivity contribution in [3.63, 3.8) is 0 Å². The van der Waals surface area contributed by atoms with E-state index >= 15 is 0 Å². The summed E-state index contributed by atoms with van der Waals surface area (Å²) in [5.41, 5.74) is 2.20. The number of rotatable bonds is 5. The number of carbonyl (C=O) groups excluding carboxylic acids is 1. The smallest absolute Gasteiger partial charge is 0.230 e. The highest BCUT2D eigenvalue weighted by molar-refractivity contribution is 7.90. The molecule has 0 aliphatic heterocycles. The van der Waals surface area contributed by atoms with Crippen molar-refractivity contribution in [2.75, 3.05) is 11.6 Å². The highest BCUT2D eigenvalue weighted by Gasteiger charge is 2.11. The maximum Gasteiger partial charge on any atom is 0.230 e. The summed E-state index contributed by atoms with van der Waals surface area (Å²) in [6.45, 7) is 0. The summed E-state index contributed by atoms with van der Waals surface area (Å²) < 4.78 is 23.0. The van der Waals surface area contributed by atoms with Gasteiger partial charge in [-0.05, 0) is 23.8 Å². The second kappa shape index (κ2) is 7.57. The van der Waals surface area contributed by atoms with E-state index in [-0.39, 0.29) is 17.2 Å². The Hall–Kier alpha value is -2.22. The van der Waals surface area contributed by atoms with Crippen LogP contribution >= 0.6 is 22.9 Å². The van der Waals surface area contributed by atoms with Crippen molar-refractivity contribution in [1.82, 2.24) is 4.98 Å². The van der Waals surface area contributed by atoms with E-state index in [1.807, 2.05) is 12.1 Å². The molecule has 2 aromatic carbocycles. The zero-order valence-electron chi connectivity index (χ0n) is 13.8. The quantitative estimate of drug-likeness (QED) is 0.693. The second-order valence-electron chi connectivity index (χ2n) is 5.65. The normalized spacial score (nSPS) is 11.3. The van der Waals surface area contributed by atoms with Gasteiger partial charge in [0, 0.05) is 22.2 Å². The van der Waals surface area contributed by atoms with Gasteiger partial charge in [-0.1, -0.05) is 41.9 Å². The van der Waals surface area contributed by atoms with E-state index in [1.54, 1.807) is 41.8 Å². The van der Waals surface area contributed by atoms with Gasteiger partial charge in [0.1, 0.15) is 0 Å². The fourth-order valence-electron chi connectivity index (χ4n) is 2.31. The van der Waals surface area contributed by atoms with Gasteiger partial charge < -0.3 is 5.32 Å². The van der Waals surface area contributed by atoms with Crippen LogP contribution in [0.5, 0.6) is 0 Å². The highest BCUT2D eigenvalue weighted by atomic mass is 35.5. The van der Waals surface area contributed by atoms with Crippen LogP contribution in [0.15, 0.2) is 58.8 Å². The molecule has 8 heteroatoms. The van der Waals surface area contributed by atoms with Crippen molar-refractivity contribution >= 4 is 43.8 Å². The molecule has 1 heterocycles. The fourth-order valence-corrected chi connectivity index (χ4v) is 3.88. The molecule has 0 aliphatic carbocycles. The Labute approximate surface area is 160 Å². The van der Waals surface area contributed by atoms with E-state index in [1.165, 1.54) is 11.3 Å². The van der Waals surface area contributed by atoms with Crippen LogP contribution in [-0.4, -0.2) is 25.6 Å². The summed E-state index contributed by atoms with van der Waals surface area (Å²) >= 11 is 7.37. The van der Waals surface area contributed by atoms with Gasteiger partial charge in [-0.15, -0.1) is 11.3 Å². The van der Waals surface area contributed by atoms with Crippen LogP contribution in [0.2, 0.25) is 5.02 Å². The number of halogens is 1. The summed E-state index contributed by atoms with van der Waals surface area (Å²) in [7, 11) is -3.23. The summed E-state index contributed by atoms with van der Waals surface area (Å²) in [4.78, 5) is 16.8. The summed E-state index contributed by atoms with van der Waals surface area (Å²) in [6.07, 6.45) is 1.33. The molecular weight excluding hydrogens is 392 g/mol. The van der Waals surface area contributed by atoms with Crippen molar-refractivity contribution in [3.05, 3.63) is 64.5 Å². The lowest BCUT2D eigenvalue weighted by Gasteiger charge is -2.04. The molecule has 1 aromatic heterocycles. The second-order valence-corrected chi connectivity index (χ2v) is 8.93. The minimum Gasteiger partial charge on any atom is -0.302 e. The Balaban J connectivity index is 1.70. The number of amides is 1. The monoisotopic (exact) mass is 406 g/mol. The van der Waals surface area contributed by atoms with E-state index in [9.17, 15) is 13.2 Å². The first-order chi connectivity index (χ1) is 12.3. The number of benzene rings is 2. The first kappa shape index (κ1) is 18.6. The van der Waals surface area contributed by atoms with E-state index in [2.05, 4.69) is 10.3 Å². The Morgan fingerprint density at radius 3 is 2.50 bits per heavy atom. The van der Waals surface area contributed by atoms with E-state index in [4.69, 9.17) is 11.6 Å². The van der Waals surface area contributed by atoms with Gasteiger partial charge in [0.15, 0.2) is 15.0 Å². The molecule has 26 heavy (non-hydrogen) atoms. The third-order valence-corrected chi connectivity index (χ3v) is 5.89. The number of aromatic nitrogens is 1. The van der Waals surface area contributed by atoms with Crippen molar-refractivity contribution in [1.29, 1.82) is 0 Å². The zero-order valence-corrected chi connectivity index (χ0v) is 16.2. The Morgan fingerprint density at radius 1 is 1.15 bits per heavy atom. The van der Waals surface area contributed by atoms with Gasteiger partial charge in [0.05, 0.1) is 17.0 Å². The van der Waals surface area contributed by atoms with Crippen LogP contribution in [0.3, 0.4) is 0 Å². The number of hydrogen-bond acceptors (Lipinski definition) is 5. The number of nitrogens with one attached hydrogen (secondary N) is 1. The molecule has 0 saturated heterocycles. The minimum atomic E-state index is -3.23. The molecule has 1 N–H and O–H groups in total. The molecule has 0 unspecified atom stereocenters. The summed E-state index contributed by atoms with van der Waals surface area (Å²) in [6, 6.07) is 13.7. The fraction of sp³-hybridized carbons (Fsp3) is 0.111. The predicted molar refractivity (Wildman–Crippen MR) is 104 cm³/mol. The van der Waals surface area contributed by atoms with Crippen molar-refractivity contribution in [2.45, 2.75) is 11.3 Å². The van der Waals surface area contributed by atoms with E-state index < -0.39 is 9.84 Å². The standard InChI is InChI=1S/C18H15ClN2O3S2/c1-26(23,24)14-8-6-12(7-9-14)16-11-25-18(20-16)21-17(22)10-13-4-2-3-5-15(13)19/h2-9,11H,10H2,1H3,(H,20,21,22). The molecule has 0 fully saturated rings. The summed E-state index contributed by atoms with van der Waals surface area (Å²) in [5.74, 6) is -0.202. The predicted octanol–water partition coefficient (Wildman–Crippen LogP) is 4.05. The number of carbonyl (C=O) groups is 1. The molecule has 3 rings (SSSR count).